The van der Waals surface area contributed by atoms with Crippen LogP contribution in [-0.4, -0.2) is 42.0 Å². The van der Waals surface area contributed by atoms with Gasteiger partial charge in [-0.15, -0.1) is 0 Å². The molecular weight excluding hydrogens is 416 g/mol. The Morgan fingerprint density at radius 3 is 2.45 bits per heavy atom. The first-order valence-electron chi connectivity index (χ1n) is 12.0. The average Bonchev–Trinajstić information content (AvgIpc) is 2.83. The summed E-state index contributed by atoms with van der Waals surface area (Å²) in [4.78, 5) is 28.3. The molecule has 1 N–H and O–H groups in total. The lowest BCUT2D eigenvalue weighted by molar-refractivity contribution is -0.141. The molecule has 0 aromatic heterocycles. The molecule has 0 unspecified atom stereocenters. The lowest BCUT2D eigenvalue weighted by atomic mass is 10.0. The molecular formula is C27H36N2O4. The number of aryl methyl sites for hydroxylation is 2. The average molecular weight is 453 g/mol. The maximum Gasteiger partial charge on any atom is 0.243 e. The van der Waals surface area contributed by atoms with Crippen molar-refractivity contribution in [2.75, 3.05) is 13.2 Å². The van der Waals surface area contributed by atoms with Crippen LogP contribution in [0, 0.1) is 6.92 Å². The summed E-state index contributed by atoms with van der Waals surface area (Å²) in [5.41, 5.74) is 3.18. The molecule has 2 aromatic carbocycles. The van der Waals surface area contributed by atoms with Crippen molar-refractivity contribution in [3.63, 3.8) is 0 Å². The van der Waals surface area contributed by atoms with Crippen molar-refractivity contribution in [2.45, 2.75) is 72.0 Å². The van der Waals surface area contributed by atoms with E-state index in [1.165, 1.54) is 0 Å². The number of carbonyl (C=O) groups excluding carboxylic acids is 2. The maximum atomic E-state index is 13.5. The molecule has 0 spiro atoms. The van der Waals surface area contributed by atoms with E-state index in [-0.39, 0.29) is 17.9 Å². The van der Waals surface area contributed by atoms with E-state index in [2.05, 4.69) is 5.32 Å². The van der Waals surface area contributed by atoms with Crippen LogP contribution in [0.2, 0.25) is 0 Å². The number of hydrogen-bond donors (Lipinski definition) is 1. The molecule has 1 aliphatic heterocycles. The van der Waals surface area contributed by atoms with Gasteiger partial charge in [0.2, 0.25) is 11.8 Å². The molecule has 2 atom stereocenters. The largest absolute Gasteiger partial charge is 0.486 e. The van der Waals surface area contributed by atoms with Crippen LogP contribution in [0.5, 0.6) is 11.5 Å². The van der Waals surface area contributed by atoms with Crippen LogP contribution < -0.4 is 14.8 Å². The van der Waals surface area contributed by atoms with Crippen LogP contribution >= 0.6 is 0 Å². The Bertz CT molecular complexity index is 959. The highest BCUT2D eigenvalue weighted by molar-refractivity contribution is 5.88. The quantitative estimate of drug-likeness (QED) is 0.579. The van der Waals surface area contributed by atoms with Gasteiger partial charge in [-0.3, -0.25) is 9.59 Å². The van der Waals surface area contributed by atoms with Crippen molar-refractivity contribution in [3.8, 4) is 11.5 Å². The number of amides is 2. The van der Waals surface area contributed by atoms with E-state index in [9.17, 15) is 9.59 Å². The zero-order valence-electron chi connectivity index (χ0n) is 20.2. The van der Waals surface area contributed by atoms with Crippen LogP contribution in [0.1, 0.15) is 56.7 Å². The van der Waals surface area contributed by atoms with Crippen molar-refractivity contribution >= 4 is 11.8 Å². The minimum absolute atomic E-state index is 0.0284. The minimum Gasteiger partial charge on any atom is -0.486 e. The summed E-state index contributed by atoms with van der Waals surface area (Å²) in [5, 5.41) is 3.06. The number of benzene rings is 2. The first-order valence-corrected chi connectivity index (χ1v) is 12.0. The summed E-state index contributed by atoms with van der Waals surface area (Å²) in [5.74, 6) is 1.35. The van der Waals surface area contributed by atoms with E-state index < -0.39 is 6.04 Å². The summed E-state index contributed by atoms with van der Waals surface area (Å²) >= 11 is 0. The summed E-state index contributed by atoms with van der Waals surface area (Å²) in [7, 11) is 0. The lowest BCUT2D eigenvalue weighted by Crippen LogP contribution is -2.50. The highest BCUT2D eigenvalue weighted by Crippen LogP contribution is 2.31. The highest BCUT2D eigenvalue weighted by atomic mass is 16.6. The third-order valence-corrected chi connectivity index (χ3v) is 6.22. The van der Waals surface area contributed by atoms with Crippen LogP contribution in [-0.2, 0) is 22.6 Å². The van der Waals surface area contributed by atoms with Crippen molar-refractivity contribution in [3.05, 3.63) is 59.2 Å². The normalized spacial score (nSPS) is 14.3. The monoisotopic (exact) mass is 452 g/mol. The van der Waals surface area contributed by atoms with E-state index in [1.54, 1.807) is 4.90 Å². The second kappa shape index (κ2) is 11.7. The number of carbonyl (C=O) groups is 2. The molecule has 6 nitrogen and oxygen atoms in total. The van der Waals surface area contributed by atoms with Crippen molar-refractivity contribution in [1.82, 2.24) is 10.2 Å². The van der Waals surface area contributed by atoms with Gasteiger partial charge < -0.3 is 19.7 Å². The van der Waals surface area contributed by atoms with E-state index in [0.717, 1.165) is 34.6 Å². The Kier molecular flexibility index (Phi) is 8.75. The fourth-order valence-corrected chi connectivity index (χ4v) is 3.97. The second-order valence-corrected chi connectivity index (χ2v) is 8.67. The van der Waals surface area contributed by atoms with Crippen LogP contribution in [0.15, 0.2) is 42.5 Å². The molecule has 0 bridgehead atoms. The molecule has 1 aliphatic rings. The molecule has 33 heavy (non-hydrogen) atoms. The fourth-order valence-electron chi connectivity index (χ4n) is 3.97. The molecule has 0 aliphatic carbocycles. The van der Waals surface area contributed by atoms with Gasteiger partial charge in [0.1, 0.15) is 19.3 Å². The molecule has 0 saturated heterocycles. The van der Waals surface area contributed by atoms with Crippen molar-refractivity contribution in [1.29, 1.82) is 0 Å². The number of fused-ring (bicyclic) bond motifs is 1. The van der Waals surface area contributed by atoms with E-state index in [1.807, 2.05) is 70.2 Å². The van der Waals surface area contributed by atoms with Gasteiger partial charge in [0.25, 0.3) is 0 Å². The Hall–Kier alpha value is -3.02. The lowest BCUT2D eigenvalue weighted by Gasteiger charge is -2.32. The zero-order chi connectivity index (χ0) is 23.8. The van der Waals surface area contributed by atoms with Gasteiger partial charge in [0.05, 0.1) is 0 Å². The predicted octanol–water partition coefficient (Wildman–Crippen LogP) is 4.42. The molecule has 0 radical (unpaired) electrons. The number of nitrogens with zero attached hydrogens (tertiary/aromatic N) is 1. The van der Waals surface area contributed by atoms with Crippen LogP contribution in [0.3, 0.4) is 0 Å². The summed E-state index contributed by atoms with van der Waals surface area (Å²) in [6, 6.07) is 13.4. The predicted molar refractivity (Wildman–Crippen MR) is 129 cm³/mol. The van der Waals surface area contributed by atoms with Crippen LogP contribution in [0.4, 0.5) is 0 Å². The topological polar surface area (TPSA) is 67.9 Å². The second-order valence-electron chi connectivity index (χ2n) is 8.67. The van der Waals surface area contributed by atoms with Gasteiger partial charge in [0, 0.05) is 19.0 Å². The number of nitrogens with one attached hydrogen (secondary N) is 1. The maximum absolute atomic E-state index is 13.5. The molecule has 1 heterocycles. The van der Waals surface area contributed by atoms with E-state index >= 15 is 0 Å². The fraction of sp³-hybridized carbons (Fsp3) is 0.481. The van der Waals surface area contributed by atoms with Crippen molar-refractivity contribution < 1.29 is 19.1 Å². The van der Waals surface area contributed by atoms with Crippen molar-refractivity contribution in [2.24, 2.45) is 0 Å². The van der Waals surface area contributed by atoms with Gasteiger partial charge in [-0.05, 0) is 61.9 Å². The zero-order valence-corrected chi connectivity index (χ0v) is 20.2. The number of hydrogen-bond acceptors (Lipinski definition) is 4. The third kappa shape index (κ3) is 6.50. The first kappa shape index (κ1) is 24.6. The molecule has 2 aromatic rings. The summed E-state index contributed by atoms with van der Waals surface area (Å²) in [6.07, 6.45) is 2.30. The Balaban J connectivity index is 1.77. The molecule has 0 saturated carbocycles. The SMILES string of the molecule is CC[C@@H](C)NC(=O)[C@H](CC)N(Cc1ccccc1C)C(=O)CCc1ccc2c(c1)OCCO2. The smallest absolute Gasteiger partial charge is 0.243 e. The van der Waals surface area contributed by atoms with E-state index in [0.29, 0.717) is 39.0 Å². The third-order valence-electron chi connectivity index (χ3n) is 6.22. The number of ether oxygens (including phenoxy) is 2. The Morgan fingerprint density at radius 2 is 1.76 bits per heavy atom. The van der Waals surface area contributed by atoms with Crippen LogP contribution in [0.25, 0.3) is 0 Å². The van der Waals surface area contributed by atoms with Gasteiger partial charge in [-0.1, -0.05) is 44.2 Å². The molecule has 2 amide bonds. The van der Waals surface area contributed by atoms with Gasteiger partial charge >= 0.3 is 0 Å². The first-order chi connectivity index (χ1) is 15.9. The van der Waals surface area contributed by atoms with Gasteiger partial charge in [0.15, 0.2) is 11.5 Å². The highest BCUT2D eigenvalue weighted by Gasteiger charge is 2.29. The molecule has 3 rings (SSSR count). The standard InChI is InChI=1S/C27H36N2O4/c1-5-20(4)28-27(31)23(6-2)29(18-22-10-8-7-9-19(22)3)26(30)14-12-21-11-13-24-25(17-21)33-16-15-32-24/h7-11,13,17,20,23H,5-6,12,14-16,18H2,1-4H3,(H,28,31)/t20-,23+/m1/s1. The van der Waals surface area contributed by atoms with Gasteiger partial charge in [-0.25, -0.2) is 0 Å². The number of rotatable bonds is 10. The molecule has 178 valence electrons. The summed E-state index contributed by atoms with van der Waals surface area (Å²) in [6.45, 7) is 9.51. The van der Waals surface area contributed by atoms with Gasteiger partial charge in [-0.2, -0.15) is 0 Å². The minimum atomic E-state index is -0.508. The summed E-state index contributed by atoms with van der Waals surface area (Å²) < 4.78 is 11.3. The molecule has 0 fully saturated rings. The Morgan fingerprint density at radius 1 is 1.03 bits per heavy atom. The molecule has 6 heteroatoms. The van der Waals surface area contributed by atoms with E-state index in [4.69, 9.17) is 9.47 Å². The Labute approximate surface area is 197 Å².